The molecule has 0 aromatic heterocycles. The van der Waals surface area contributed by atoms with Crippen LogP contribution in [0.15, 0.2) is 31.7 Å². The first-order valence-corrected chi connectivity index (χ1v) is 5.75. The number of rotatable bonds is 0. The smallest absolute Gasteiger partial charge is 0.150 e. The van der Waals surface area contributed by atoms with Crippen LogP contribution in [0.1, 0.15) is 0 Å². The molecule has 0 radical (unpaired) electrons. The molecular weight excluding hydrogens is 244 g/mol. The van der Waals surface area contributed by atoms with E-state index in [1.807, 2.05) is 0 Å². The van der Waals surface area contributed by atoms with E-state index in [4.69, 9.17) is 10.5 Å². The second kappa shape index (κ2) is 4.01. The molecule has 1 heterocycles. The number of aromatic hydroxyl groups is 2. The molecular formula is C10H4N2O2S2. The molecule has 0 spiro atoms. The number of phenolic OH excluding ortho intramolecular Hbond substituents is 2. The number of thioether (sulfide) groups is 2. The Morgan fingerprint density at radius 1 is 1.00 bits per heavy atom. The van der Waals surface area contributed by atoms with E-state index in [0.29, 0.717) is 14.0 Å². The molecule has 0 fully saturated rings. The Kier molecular flexibility index (Phi) is 2.69. The van der Waals surface area contributed by atoms with Gasteiger partial charge in [-0.25, -0.2) is 0 Å². The summed E-state index contributed by atoms with van der Waals surface area (Å²) in [5.41, 5.74) is -0.00926. The molecule has 0 atom stereocenters. The highest BCUT2D eigenvalue weighted by molar-refractivity contribution is 8.24. The Bertz CT molecular complexity index is 533. The molecule has 1 aromatic carbocycles. The second-order valence-corrected chi connectivity index (χ2v) is 5.15. The third kappa shape index (κ3) is 1.58. The highest BCUT2D eigenvalue weighted by atomic mass is 32.2. The van der Waals surface area contributed by atoms with Crippen LogP contribution in [0.3, 0.4) is 0 Å². The Labute approximate surface area is 99.8 Å². The van der Waals surface area contributed by atoms with E-state index in [-0.39, 0.29) is 17.1 Å². The van der Waals surface area contributed by atoms with Gasteiger partial charge >= 0.3 is 0 Å². The van der Waals surface area contributed by atoms with Gasteiger partial charge in [0.15, 0.2) is 0 Å². The molecule has 0 unspecified atom stereocenters. The molecule has 0 amide bonds. The first kappa shape index (κ1) is 10.7. The predicted molar refractivity (Wildman–Crippen MR) is 59.7 cm³/mol. The van der Waals surface area contributed by atoms with Gasteiger partial charge in [0.25, 0.3) is 0 Å². The van der Waals surface area contributed by atoms with Gasteiger partial charge in [-0.1, -0.05) is 23.5 Å². The zero-order valence-corrected chi connectivity index (χ0v) is 9.39. The third-order valence-electron chi connectivity index (χ3n) is 1.89. The zero-order valence-electron chi connectivity index (χ0n) is 7.76. The minimum Gasteiger partial charge on any atom is -0.507 e. The highest BCUT2D eigenvalue weighted by Crippen LogP contribution is 2.58. The number of benzene rings is 1. The lowest BCUT2D eigenvalue weighted by molar-refractivity contribution is 0.436. The average molecular weight is 248 g/mol. The zero-order chi connectivity index (χ0) is 11.7. The second-order valence-electron chi connectivity index (χ2n) is 2.85. The molecule has 16 heavy (non-hydrogen) atoms. The summed E-state index contributed by atoms with van der Waals surface area (Å²) in [6.45, 7) is 0. The van der Waals surface area contributed by atoms with E-state index in [1.54, 1.807) is 12.1 Å². The van der Waals surface area contributed by atoms with Crippen molar-refractivity contribution in [3.05, 3.63) is 21.9 Å². The summed E-state index contributed by atoms with van der Waals surface area (Å²) >= 11 is 2.24. The van der Waals surface area contributed by atoms with Crippen molar-refractivity contribution in [2.45, 2.75) is 9.79 Å². The number of nitriles is 2. The van der Waals surface area contributed by atoms with Crippen molar-refractivity contribution in [3.8, 4) is 23.6 Å². The molecule has 0 saturated heterocycles. The lowest BCUT2D eigenvalue weighted by Crippen LogP contribution is -1.73. The van der Waals surface area contributed by atoms with Gasteiger partial charge in [-0.2, -0.15) is 10.5 Å². The number of nitrogens with zero attached hydrogens (tertiary/aromatic N) is 2. The van der Waals surface area contributed by atoms with Crippen molar-refractivity contribution in [3.63, 3.8) is 0 Å². The van der Waals surface area contributed by atoms with Gasteiger partial charge in [0.05, 0.1) is 14.0 Å². The van der Waals surface area contributed by atoms with Crippen LogP contribution in [0.4, 0.5) is 0 Å². The summed E-state index contributed by atoms with van der Waals surface area (Å²) in [6.07, 6.45) is 0. The molecule has 2 rings (SSSR count). The Morgan fingerprint density at radius 2 is 1.44 bits per heavy atom. The predicted octanol–water partition coefficient (Wildman–Crippen LogP) is 2.55. The van der Waals surface area contributed by atoms with Crippen LogP contribution < -0.4 is 0 Å². The quantitative estimate of drug-likeness (QED) is 0.542. The largest absolute Gasteiger partial charge is 0.507 e. The fourth-order valence-corrected chi connectivity index (χ4v) is 3.58. The third-order valence-corrected chi connectivity index (χ3v) is 4.53. The van der Waals surface area contributed by atoms with Crippen LogP contribution in [0.5, 0.6) is 11.5 Å². The summed E-state index contributed by atoms with van der Waals surface area (Å²) < 4.78 is 0.483. The summed E-state index contributed by atoms with van der Waals surface area (Å²) in [5, 5.41) is 36.6. The Balaban J connectivity index is 2.55. The van der Waals surface area contributed by atoms with Crippen molar-refractivity contribution in [2.24, 2.45) is 0 Å². The van der Waals surface area contributed by atoms with Crippen LogP contribution in [-0.2, 0) is 0 Å². The molecule has 78 valence electrons. The van der Waals surface area contributed by atoms with Crippen LogP contribution in [0.2, 0.25) is 0 Å². The van der Waals surface area contributed by atoms with Crippen LogP contribution in [0.25, 0.3) is 0 Å². The monoisotopic (exact) mass is 248 g/mol. The van der Waals surface area contributed by atoms with Crippen molar-refractivity contribution < 1.29 is 10.2 Å². The van der Waals surface area contributed by atoms with Crippen LogP contribution >= 0.6 is 23.5 Å². The van der Waals surface area contributed by atoms with Crippen LogP contribution in [0, 0.1) is 22.7 Å². The standard InChI is InChI=1S/C10H4N2O2S2/c11-3-5(4-12)10-15-8-6(13)1-2-7(14)9(8)16-10/h1-2,13-14H. The maximum atomic E-state index is 9.57. The Hall–Kier alpha value is -1.76. The first-order valence-electron chi connectivity index (χ1n) is 4.12. The molecule has 1 aromatic rings. The van der Waals surface area contributed by atoms with Crippen molar-refractivity contribution in [2.75, 3.05) is 0 Å². The highest BCUT2D eigenvalue weighted by Gasteiger charge is 2.26. The molecule has 1 aliphatic heterocycles. The topological polar surface area (TPSA) is 88.0 Å². The van der Waals surface area contributed by atoms with E-state index >= 15 is 0 Å². The van der Waals surface area contributed by atoms with Gasteiger partial charge in [0.1, 0.15) is 29.2 Å². The van der Waals surface area contributed by atoms with Crippen molar-refractivity contribution >= 4 is 23.5 Å². The van der Waals surface area contributed by atoms with Gasteiger partial charge < -0.3 is 10.2 Å². The molecule has 0 aliphatic carbocycles. The molecule has 0 bridgehead atoms. The number of hydrogen-bond acceptors (Lipinski definition) is 6. The van der Waals surface area contributed by atoms with Gasteiger partial charge in [0.2, 0.25) is 0 Å². The summed E-state index contributed by atoms with van der Waals surface area (Å²) in [7, 11) is 0. The maximum Gasteiger partial charge on any atom is 0.150 e. The summed E-state index contributed by atoms with van der Waals surface area (Å²) in [6, 6.07) is 6.32. The summed E-state index contributed by atoms with van der Waals surface area (Å²) in [5.74, 6) is 0.0751. The molecule has 1 aliphatic rings. The normalized spacial score (nSPS) is 12.8. The first-order chi connectivity index (χ1) is 7.67. The average Bonchev–Trinajstić information content (AvgIpc) is 2.71. The van der Waals surface area contributed by atoms with Crippen molar-refractivity contribution in [1.29, 1.82) is 10.5 Å². The van der Waals surface area contributed by atoms with Gasteiger partial charge in [-0.3, -0.25) is 0 Å². The van der Waals surface area contributed by atoms with Crippen LogP contribution in [-0.4, -0.2) is 10.2 Å². The van der Waals surface area contributed by atoms with E-state index in [0.717, 1.165) is 23.5 Å². The minimum atomic E-state index is -0.00926. The maximum absolute atomic E-state index is 9.57. The Morgan fingerprint density at radius 3 is 1.81 bits per heavy atom. The van der Waals surface area contributed by atoms with E-state index in [9.17, 15) is 10.2 Å². The minimum absolute atomic E-state index is 0.00926. The summed E-state index contributed by atoms with van der Waals surface area (Å²) in [4.78, 5) is 0.978. The van der Waals surface area contributed by atoms with Gasteiger partial charge in [-0.05, 0) is 12.1 Å². The van der Waals surface area contributed by atoms with Gasteiger partial charge in [-0.15, -0.1) is 0 Å². The van der Waals surface area contributed by atoms with Crippen molar-refractivity contribution in [1.82, 2.24) is 0 Å². The number of phenols is 2. The van der Waals surface area contributed by atoms with E-state index in [1.165, 1.54) is 12.1 Å². The lowest BCUT2D eigenvalue weighted by atomic mass is 10.3. The van der Waals surface area contributed by atoms with Gasteiger partial charge in [0, 0.05) is 0 Å². The fourth-order valence-electron chi connectivity index (χ4n) is 1.16. The molecule has 6 heteroatoms. The molecule has 0 saturated carbocycles. The van der Waals surface area contributed by atoms with E-state index in [2.05, 4.69) is 0 Å². The number of allylic oxidation sites excluding steroid dienone is 1. The van der Waals surface area contributed by atoms with E-state index < -0.39 is 0 Å². The number of hydrogen-bond donors (Lipinski definition) is 2. The fraction of sp³-hybridized carbons (Fsp3) is 0. The molecule has 4 nitrogen and oxygen atoms in total. The number of fused-ring (bicyclic) bond motifs is 1. The SMILES string of the molecule is N#CC(C#N)=C1Sc2c(O)ccc(O)c2S1. The molecule has 2 N–H and O–H groups in total. The lowest BCUT2D eigenvalue weighted by Gasteiger charge is -2.00.